The first-order valence-corrected chi connectivity index (χ1v) is 6.13. The minimum absolute atomic E-state index is 0.0893. The SMILES string of the molecule is CC(N)(C(=O)C1CCNCC1)c1c[c]ccc1. The zero-order chi connectivity index (χ0) is 12.3. The molecule has 0 saturated carbocycles. The second-order valence-corrected chi connectivity index (χ2v) is 4.88. The van der Waals surface area contributed by atoms with Crippen LogP contribution in [0, 0.1) is 12.0 Å². The zero-order valence-electron chi connectivity index (χ0n) is 10.2. The van der Waals surface area contributed by atoms with E-state index in [0.29, 0.717) is 0 Å². The van der Waals surface area contributed by atoms with E-state index >= 15 is 0 Å². The van der Waals surface area contributed by atoms with E-state index < -0.39 is 5.54 Å². The van der Waals surface area contributed by atoms with Gasteiger partial charge < -0.3 is 11.1 Å². The van der Waals surface area contributed by atoms with E-state index in [2.05, 4.69) is 11.4 Å². The van der Waals surface area contributed by atoms with E-state index in [-0.39, 0.29) is 11.7 Å². The molecule has 1 unspecified atom stereocenters. The molecule has 1 radical (unpaired) electrons. The predicted molar refractivity (Wildman–Crippen MR) is 67.4 cm³/mol. The molecule has 1 aliphatic heterocycles. The summed E-state index contributed by atoms with van der Waals surface area (Å²) in [5, 5.41) is 3.26. The molecule has 91 valence electrons. The molecule has 3 heteroatoms. The van der Waals surface area contributed by atoms with E-state index in [1.807, 2.05) is 18.2 Å². The summed E-state index contributed by atoms with van der Waals surface area (Å²) in [6.07, 6.45) is 1.78. The molecule has 1 heterocycles. The van der Waals surface area contributed by atoms with Gasteiger partial charge in [-0.05, 0) is 50.6 Å². The van der Waals surface area contributed by atoms with Gasteiger partial charge in [0, 0.05) is 5.92 Å². The molecule has 1 aliphatic rings. The molecule has 17 heavy (non-hydrogen) atoms. The summed E-state index contributed by atoms with van der Waals surface area (Å²) in [7, 11) is 0. The number of nitrogens with one attached hydrogen (secondary N) is 1. The molecule has 1 aromatic carbocycles. The zero-order valence-corrected chi connectivity index (χ0v) is 10.2. The normalized spacial score (nSPS) is 20.8. The van der Waals surface area contributed by atoms with Crippen LogP contribution >= 0.6 is 0 Å². The molecule has 1 fully saturated rings. The van der Waals surface area contributed by atoms with Crippen molar-refractivity contribution < 1.29 is 4.79 Å². The second-order valence-electron chi connectivity index (χ2n) is 4.88. The van der Waals surface area contributed by atoms with E-state index in [0.717, 1.165) is 31.5 Å². The third-order valence-electron chi connectivity index (χ3n) is 3.53. The van der Waals surface area contributed by atoms with Crippen LogP contribution in [0.3, 0.4) is 0 Å². The highest BCUT2D eigenvalue weighted by atomic mass is 16.1. The lowest BCUT2D eigenvalue weighted by Gasteiger charge is -2.30. The molecule has 0 amide bonds. The standard InChI is InChI=1S/C14H19N2O/c1-14(15,12-5-3-2-4-6-12)13(17)11-7-9-16-10-8-11/h2-3,5-6,11,16H,7-10,15H2,1H3. The van der Waals surface area contributed by atoms with Crippen LogP contribution in [0.2, 0.25) is 0 Å². The number of benzene rings is 1. The highest BCUT2D eigenvalue weighted by Gasteiger charge is 2.35. The Hall–Kier alpha value is -1.19. The van der Waals surface area contributed by atoms with Crippen LogP contribution in [0.1, 0.15) is 25.3 Å². The smallest absolute Gasteiger partial charge is 0.160 e. The van der Waals surface area contributed by atoms with Crippen LogP contribution in [0.25, 0.3) is 0 Å². The van der Waals surface area contributed by atoms with Crippen molar-refractivity contribution in [2.45, 2.75) is 25.3 Å². The highest BCUT2D eigenvalue weighted by Crippen LogP contribution is 2.26. The van der Waals surface area contributed by atoms with Gasteiger partial charge in [-0.25, -0.2) is 0 Å². The maximum absolute atomic E-state index is 12.5. The van der Waals surface area contributed by atoms with Gasteiger partial charge in [-0.15, -0.1) is 0 Å². The minimum atomic E-state index is -0.889. The van der Waals surface area contributed by atoms with Gasteiger partial charge in [0.15, 0.2) is 5.78 Å². The van der Waals surface area contributed by atoms with Crippen molar-refractivity contribution in [3.8, 4) is 0 Å². The Labute approximate surface area is 102 Å². The Morgan fingerprint density at radius 3 is 2.82 bits per heavy atom. The Balaban J connectivity index is 2.17. The second kappa shape index (κ2) is 4.98. The van der Waals surface area contributed by atoms with Gasteiger partial charge >= 0.3 is 0 Å². The lowest BCUT2D eigenvalue weighted by Crippen LogP contribution is -2.47. The van der Waals surface area contributed by atoms with Crippen molar-refractivity contribution >= 4 is 5.78 Å². The summed E-state index contributed by atoms with van der Waals surface area (Å²) in [5.41, 5.74) is 6.18. The molecule has 1 atom stereocenters. The number of hydrogen-bond donors (Lipinski definition) is 2. The number of Topliss-reactive ketones (excluding diaryl/α,β-unsaturated/α-hetero) is 1. The molecule has 3 nitrogen and oxygen atoms in total. The topological polar surface area (TPSA) is 55.1 Å². The molecule has 1 saturated heterocycles. The summed E-state index contributed by atoms with van der Waals surface area (Å²) in [4.78, 5) is 12.5. The van der Waals surface area contributed by atoms with Crippen LogP contribution in [-0.4, -0.2) is 18.9 Å². The van der Waals surface area contributed by atoms with Crippen LogP contribution in [0.5, 0.6) is 0 Å². The van der Waals surface area contributed by atoms with Gasteiger partial charge in [-0.1, -0.05) is 18.2 Å². The lowest BCUT2D eigenvalue weighted by molar-refractivity contribution is -0.128. The molecule has 0 spiro atoms. The third kappa shape index (κ3) is 2.56. The first-order valence-electron chi connectivity index (χ1n) is 6.13. The number of ketones is 1. The van der Waals surface area contributed by atoms with Crippen molar-refractivity contribution in [1.29, 1.82) is 0 Å². The summed E-state index contributed by atoms with van der Waals surface area (Å²) in [6.45, 7) is 3.63. The van der Waals surface area contributed by atoms with Gasteiger partial charge in [-0.2, -0.15) is 0 Å². The van der Waals surface area contributed by atoms with Crippen molar-refractivity contribution in [3.05, 3.63) is 35.9 Å². The number of nitrogens with two attached hydrogens (primary N) is 1. The van der Waals surface area contributed by atoms with Gasteiger partial charge in [0.25, 0.3) is 0 Å². The van der Waals surface area contributed by atoms with Crippen molar-refractivity contribution in [2.75, 3.05) is 13.1 Å². The Morgan fingerprint density at radius 1 is 1.53 bits per heavy atom. The minimum Gasteiger partial charge on any atom is -0.317 e. The van der Waals surface area contributed by atoms with Gasteiger partial charge in [-0.3, -0.25) is 4.79 Å². The summed E-state index contributed by atoms with van der Waals surface area (Å²) >= 11 is 0. The molecule has 0 aliphatic carbocycles. The summed E-state index contributed by atoms with van der Waals surface area (Å²) < 4.78 is 0. The van der Waals surface area contributed by atoms with Gasteiger partial charge in [0.05, 0.1) is 5.54 Å². The molecule has 0 bridgehead atoms. The molecular weight excluding hydrogens is 212 g/mol. The fourth-order valence-corrected chi connectivity index (χ4v) is 2.37. The number of piperidine rings is 1. The average Bonchev–Trinajstić information content (AvgIpc) is 2.40. The monoisotopic (exact) mass is 231 g/mol. The fourth-order valence-electron chi connectivity index (χ4n) is 2.37. The molecule has 2 rings (SSSR count). The first-order chi connectivity index (χ1) is 8.12. The third-order valence-corrected chi connectivity index (χ3v) is 3.53. The first kappa shape index (κ1) is 12.3. The van der Waals surface area contributed by atoms with Gasteiger partial charge in [0.1, 0.15) is 0 Å². The fraction of sp³-hybridized carbons (Fsp3) is 0.500. The number of carbonyl (C=O) groups excluding carboxylic acids is 1. The van der Waals surface area contributed by atoms with Crippen LogP contribution in [0.4, 0.5) is 0 Å². The lowest BCUT2D eigenvalue weighted by atomic mass is 9.79. The highest BCUT2D eigenvalue weighted by molar-refractivity contribution is 5.91. The van der Waals surface area contributed by atoms with Crippen molar-refractivity contribution in [2.24, 2.45) is 11.7 Å². The quantitative estimate of drug-likeness (QED) is 0.822. The largest absolute Gasteiger partial charge is 0.317 e. The van der Waals surface area contributed by atoms with Crippen LogP contribution in [0.15, 0.2) is 24.3 Å². The summed E-state index contributed by atoms with van der Waals surface area (Å²) in [5.74, 6) is 0.241. The Kier molecular flexibility index (Phi) is 3.60. The Bertz CT molecular complexity index is 380. The Morgan fingerprint density at radius 2 is 2.24 bits per heavy atom. The van der Waals surface area contributed by atoms with E-state index in [1.165, 1.54) is 0 Å². The van der Waals surface area contributed by atoms with Gasteiger partial charge in [0.2, 0.25) is 0 Å². The van der Waals surface area contributed by atoms with Crippen LogP contribution in [-0.2, 0) is 10.3 Å². The maximum Gasteiger partial charge on any atom is 0.160 e. The number of hydrogen-bond acceptors (Lipinski definition) is 3. The molecule has 3 N–H and O–H groups in total. The predicted octanol–water partition coefficient (Wildman–Crippen LogP) is 1.23. The van der Waals surface area contributed by atoms with Crippen molar-refractivity contribution in [1.82, 2.24) is 5.32 Å². The molecule has 0 aromatic heterocycles. The average molecular weight is 231 g/mol. The van der Waals surface area contributed by atoms with Crippen molar-refractivity contribution in [3.63, 3.8) is 0 Å². The number of carbonyl (C=O) groups is 1. The van der Waals surface area contributed by atoms with E-state index in [9.17, 15) is 4.79 Å². The van der Waals surface area contributed by atoms with E-state index in [4.69, 9.17) is 5.73 Å². The maximum atomic E-state index is 12.5. The van der Waals surface area contributed by atoms with E-state index in [1.54, 1.807) is 13.0 Å². The molecular formula is C14H19N2O. The number of rotatable bonds is 3. The molecule has 1 aromatic rings. The van der Waals surface area contributed by atoms with Crippen LogP contribution < -0.4 is 11.1 Å². The summed E-state index contributed by atoms with van der Waals surface area (Å²) in [6, 6.07) is 10.4.